The second kappa shape index (κ2) is 6.12. The first-order valence-electron chi connectivity index (χ1n) is 3.47. The van der Waals surface area contributed by atoms with E-state index >= 15 is 0 Å². The molecule has 16 heavy (non-hydrogen) atoms. The lowest BCUT2D eigenvalue weighted by Gasteiger charge is -2.18. The van der Waals surface area contributed by atoms with Gasteiger partial charge in [-0.05, 0) is 0 Å². The van der Waals surface area contributed by atoms with Crippen molar-refractivity contribution >= 4 is 92.8 Å². The third kappa shape index (κ3) is 5.04. The molecule has 0 N–H and O–H groups in total. The molecule has 0 aliphatic carbocycles. The Morgan fingerprint density at radius 2 is 0.812 bits per heavy atom. The SMILES string of the molecule is C=C(/C(Cl)=C(\Cl)C(=C)C(Cl)(Cl)Cl)C(Cl)(Cl)Cl. The van der Waals surface area contributed by atoms with Gasteiger partial charge in [0.15, 0.2) is 0 Å². The first-order chi connectivity index (χ1) is 6.89. The molecule has 0 atom stereocenters. The summed E-state index contributed by atoms with van der Waals surface area (Å²) in [7, 11) is 0. The van der Waals surface area contributed by atoms with E-state index in [0.717, 1.165) is 0 Å². The van der Waals surface area contributed by atoms with E-state index in [1.807, 2.05) is 0 Å². The molecular formula is C8H4Cl8. The minimum absolute atomic E-state index is 0.0421. The summed E-state index contributed by atoms with van der Waals surface area (Å²) in [6.45, 7) is 6.94. The van der Waals surface area contributed by atoms with E-state index in [1.165, 1.54) is 0 Å². The first-order valence-corrected chi connectivity index (χ1v) is 6.49. The Balaban J connectivity index is 5.30. The van der Waals surface area contributed by atoms with E-state index in [4.69, 9.17) is 92.8 Å². The van der Waals surface area contributed by atoms with Crippen molar-refractivity contribution in [3.05, 3.63) is 34.4 Å². The lowest BCUT2D eigenvalue weighted by atomic mass is 10.2. The van der Waals surface area contributed by atoms with Gasteiger partial charge in [-0.15, -0.1) is 0 Å². The smallest absolute Gasteiger partial charge is 0.0900 e. The molecule has 0 bridgehead atoms. The average molecular weight is 384 g/mol. The van der Waals surface area contributed by atoms with Crippen molar-refractivity contribution in [2.45, 2.75) is 7.59 Å². The van der Waals surface area contributed by atoms with Crippen LogP contribution in [0.4, 0.5) is 0 Å². The van der Waals surface area contributed by atoms with E-state index in [-0.39, 0.29) is 21.2 Å². The molecule has 0 saturated carbocycles. The van der Waals surface area contributed by atoms with Crippen LogP contribution in [0.1, 0.15) is 0 Å². The highest BCUT2D eigenvalue weighted by Crippen LogP contribution is 2.45. The lowest BCUT2D eigenvalue weighted by molar-refractivity contribution is 1.28. The van der Waals surface area contributed by atoms with Crippen LogP contribution in [0.25, 0.3) is 0 Å². The van der Waals surface area contributed by atoms with Gasteiger partial charge in [-0.2, -0.15) is 0 Å². The second-order valence-electron chi connectivity index (χ2n) is 2.58. The molecule has 0 fully saturated rings. The van der Waals surface area contributed by atoms with Gasteiger partial charge >= 0.3 is 0 Å². The predicted molar refractivity (Wildman–Crippen MR) is 77.6 cm³/mol. The molecule has 0 aromatic carbocycles. The van der Waals surface area contributed by atoms with Crippen LogP contribution in [0.2, 0.25) is 0 Å². The Bertz CT molecular complexity index is 306. The van der Waals surface area contributed by atoms with Gasteiger partial charge in [0.25, 0.3) is 0 Å². The molecule has 8 heteroatoms. The molecule has 0 spiro atoms. The number of hydrogen-bond donors (Lipinski definition) is 0. The van der Waals surface area contributed by atoms with Gasteiger partial charge in [0.2, 0.25) is 7.59 Å². The zero-order valence-corrected chi connectivity index (χ0v) is 13.5. The Kier molecular flexibility index (Phi) is 6.71. The fourth-order valence-electron chi connectivity index (χ4n) is 0.514. The molecule has 0 radical (unpaired) electrons. The summed E-state index contributed by atoms with van der Waals surface area (Å²) < 4.78 is -3.60. The molecule has 0 amide bonds. The van der Waals surface area contributed by atoms with Crippen LogP contribution in [0.5, 0.6) is 0 Å². The Morgan fingerprint density at radius 1 is 0.625 bits per heavy atom. The minimum atomic E-state index is -1.80. The molecule has 0 aliphatic rings. The summed E-state index contributed by atoms with van der Waals surface area (Å²) >= 11 is 45.1. The van der Waals surface area contributed by atoms with Crippen molar-refractivity contribution < 1.29 is 0 Å². The average Bonchev–Trinajstić information content (AvgIpc) is 2.10. The maximum Gasteiger partial charge on any atom is 0.216 e. The quantitative estimate of drug-likeness (QED) is 0.376. The summed E-state index contributed by atoms with van der Waals surface area (Å²) in [4.78, 5) is 0. The molecule has 0 aliphatic heterocycles. The fourth-order valence-corrected chi connectivity index (χ4v) is 1.88. The lowest BCUT2D eigenvalue weighted by Crippen LogP contribution is -2.11. The van der Waals surface area contributed by atoms with Crippen molar-refractivity contribution in [2.24, 2.45) is 0 Å². The van der Waals surface area contributed by atoms with Crippen LogP contribution in [-0.4, -0.2) is 7.59 Å². The van der Waals surface area contributed by atoms with Gasteiger partial charge in [-0.1, -0.05) is 106 Å². The maximum atomic E-state index is 5.83. The molecule has 0 nitrogen and oxygen atoms in total. The molecular weight excluding hydrogens is 380 g/mol. The molecule has 0 saturated heterocycles. The molecule has 0 unspecified atom stereocenters. The standard InChI is InChI=1S/C8H4Cl8/c1-3(7(11,12)13)5(9)6(10)4(2)8(14,15)16/h1-2H2/b6-5+. The van der Waals surface area contributed by atoms with Crippen LogP contribution >= 0.6 is 92.8 Å². The van der Waals surface area contributed by atoms with E-state index in [0.29, 0.717) is 0 Å². The highest BCUT2D eigenvalue weighted by atomic mass is 35.6. The van der Waals surface area contributed by atoms with E-state index < -0.39 is 7.59 Å². The van der Waals surface area contributed by atoms with Gasteiger partial charge in [0.1, 0.15) is 0 Å². The molecule has 0 aromatic heterocycles. The summed E-state index contributed by atoms with van der Waals surface area (Å²) in [5, 5.41) is -0.254. The molecule has 0 heterocycles. The summed E-state index contributed by atoms with van der Waals surface area (Å²) in [6, 6.07) is 0. The van der Waals surface area contributed by atoms with Crippen LogP contribution in [0, 0.1) is 0 Å². The van der Waals surface area contributed by atoms with Gasteiger partial charge < -0.3 is 0 Å². The number of alkyl halides is 6. The van der Waals surface area contributed by atoms with Crippen LogP contribution in [0.15, 0.2) is 34.4 Å². The highest BCUT2D eigenvalue weighted by Gasteiger charge is 2.32. The zero-order chi connectivity index (χ0) is 13.3. The number of rotatable bonds is 2. The highest BCUT2D eigenvalue weighted by molar-refractivity contribution is 6.71. The van der Waals surface area contributed by atoms with Gasteiger partial charge in [-0.25, -0.2) is 0 Å². The van der Waals surface area contributed by atoms with Crippen molar-refractivity contribution in [1.82, 2.24) is 0 Å². The largest absolute Gasteiger partial charge is 0.216 e. The van der Waals surface area contributed by atoms with Crippen molar-refractivity contribution in [3.63, 3.8) is 0 Å². The van der Waals surface area contributed by atoms with Crippen molar-refractivity contribution in [3.8, 4) is 0 Å². The maximum absolute atomic E-state index is 5.83. The van der Waals surface area contributed by atoms with Gasteiger partial charge in [0.05, 0.1) is 10.1 Å². The second-order valence-corrected chi connectivity index (χ2v) is 7.90. The van der Waals surface area contributed by atoms with E-state index in [9.17, 15) is 0 Å². The Labute approximate surface area is 134 Å². The fraction of sp³-hybridized carbons (Fsp3) is 0.250. The molecule has 0 aromatic rings. The number of hydrogen-bond acceptors (Lipinski definition) is 0. The van der Waals surface area contributed by atoms with Gasteiger partial charge in [0, 0.05) is 11.1 Å². The third-order valence-corrected chi connectivity index (χ3v) is 3.71. The third-order valence-electron chi connectivity index (χ3n) is 1.41. The number of halogens is 8. The Morgan fingerprint density at radius 3 is 0.938 bits per heavy atom. The molecule has 92 valence electrons. The van der Waals surface area contributed by atoms with Crippen molar-refractivity contribution in [2.75, 3.05) is 0 Å². The van der Waals surface area contributed by atoms with E-state index in [1.54, 1.807) is 0 Å². The minimum Gasteiger partial charge on any atom is -0.0900 e. The summed E-state index contributed by atoms with van der Waals surface area (Å²) in [6.07, 6.45) is 0. The van der Waals surface area contributed by atoms with Crippen LogP contribution < -0.4 is 0 Å². The van der Waals surface area contributed by atoms with Gasteiger partial charge in [-0.3, -0.25) is 0 Å². The summed E-state index contributed by atoms with van der Waals surface area (Å²) in [5.74, 6) is 0. The number of allylic oxidation sites excluding steroid dienone is 4. The van der Waals surface area contributed by atoms with Crippen LogP contribution in [-0.2, 0) is 0 Å². The Hall–Kier alpha value is 1.54. The van der Waals surface area contributed by atoms with Crippen LogP contribution in [0.3, 0.4) is 0 Å². The zero-order valence-electron chi connectivity index (χ0n) is 7.44. The monoisotopic (exact) mass is 380 g/mol. The van der Waals surface area contributed by atoms with Crippen molar-refractivity contribution in [1.29, 1.82) is 0 Å². The summed E-state index contributed by atoms with van der Waals surface area (Å²) in [5.41, 5.74) is -0.0841. The normalized spacial score (nSPS) is 14.5. The molecule has 0 rings (SSSR count). The predicted octanol–water partition coefficient (Wildman–Crippen LogP) is 6.53. The first kappa shape index (κ1) is 17.5. The van der Waals surface area contributed by atoms with E-state index in [2.05, 4.69) is 13.2 Å². The topological polar surface area (TPSA) is 0 Å².